The van der Waals surface area contributed by atoms with E-state index in [9.17, 15) is 18.3 Å². The molecule has 1 saturated heterocycles. The molecule has 3 aromatic rings. The molecule has 1 aromatic carbocycles. The molecule has 3 heterocycles. The van der Waals surface area contributed by atoms with E-state index in [2.05, 4.69) is 25.6 Å². The van der Waals surface area contributed by atoms with Crippen LogP contribution in [-0.4, -0.2) is 50.0 Å². The number of ether oxygens (including phenoxy) is 1. The highest BCUT2D eigenvalue weighted by atomic mass is 19.1. The Morgan fingerprint density at radius 3 is 2.53 bits per heavy atom. The molecule has 8 nitrogen and oxygen atoms in total. The third-order valence-electron chi connectivity index (χ3n) is 5.79. The van der Waals surface area contributed by atoms with Crippen LogP contribution < -0.4 is 10.6 Å². The van der Waals surface area contributed by atoms with Crippen LogP contribution in [0.15, 0.2) is 18.3 Å². The van der Waals surface area contributed by atoms with E-state index in [-0.39, 0.29) is 17.9 Å². The Balaban J connectivity index is 1.53. The van der Waals surface area contributed by atoms with Crippen molar-refractivity contribution < 1.29 is 24.4 Å². The summed E-state index contributed by atoms with van der Waals surface area (Å²) < 4.78 is 57.7. The summed E-state index contributed by atoms with van der Waals surface area (Å²) in [4.78, 5) is 13.2. The van der Waals surface area contributed by atoms with E-state index in [1.165, 1.54) is 6.20 Å². The monoisotopic (exact) mass is 449 g/mol. The van der Waals surface area contributed by atoms with Crippen molar-refractivity contribution >= 4 is 28.7 Å². The molecule has 11 heteroatoms. The fourth-order valence-electron chi connectivity index (χ4n) is 4.12. The lowest BCUT2D eigenvalue weighted by molar-refractivity contribution is 0.126. The van der Waals surface area contributed by atoms with Crippen molar-refractivity contribution in [3.05, 3.63) is 35.8 Å². The molecular formula is C21H23F3N6O2. The molecule has 2 aliphatic rings. The summed E-state index contributed by atoms with van der Waals surface area (Å²) in [6, 6.07) is -0.0153. The van der Waals surface area contributed by atoms with E-state index in [4.69, 9.17) is 6.11 Å². The Morgan fingerprint density at radius 2 is 1.84 bits per heavy atom. The Labute approximate surface area is 183 Å². The van der Waals surface area contributed by atoms with Crippen molar-refractivity contribution in [2.75, 3.05) is 23.8 Å². The second-order valence-electron chi connectivity index (χ2n) is 8.05. The maximum Gasteiger partial charge on any atom is 0.224 e. The molecule has 0 unspecified atom stereocenters. The van der Waals surface area contributed by atoms with E-state index in [0.717, 1.165) is 0 Å². The summed E-state index contributed by atoms with van der Waals surface area (Å²) in [5, 5.41) is 15.4. The highest BCUT2D eigenvalue weighted by molar-refractivity contribution is 5.76. The first-order valence-electron chi connectivity index (χ1n) is 11.0. The minimum Gasteiger partial charge on any atom is -0.393 e. The van der Waals surface area contributed by atoms with Crippen molar-refractivity contribution in [2.24, 2.45) is 0 Å². The van der Waals surface area contributed by atoms with Crippen LogP contribution >= 0.6 is 0 Å². The normalized spacial score (nSPS) is 26.3. The molecule has 0 radical (unpaired) electrons. The Hall–Kier alpha value is -2.92. The van der Waals surface area contributed by atoms with Gasteiger partial charge in [-0.1, -0.05) is 0 Å². The average Bonchev–Trinajstić information content (AvgIpc) is 3.40. The Morgan fingerprint density at radius 1 is 1.09 bits per heavy atom. The number of nitrogens with zero attached hydrogens (tertiary/aromatic N) is 4. The van der Waals surface area contributed by atoms with Crippen LogP contribution in [0.4, 0.5) is 30.8 Å². The molecule has 2 aromatic heterocycles. The second-order valence-corrected chi connectivity index (χ2v) is 8.05. The number of aliphatic hydroxyl groups is 1. The van der Waals surface area contributed by atoms with Gasteiger partial charge in [-0.15, -0.1) is 0 Å². The summed E-state index contributed by atoms with van der Waals surface area (Å²) in [5.74, 6) is -2.84. The number of nitrogens with one attached hydrogen (secondary N) is 2. The topological polar surface area (TPSA) is 97.1 Å². The fraction of sp³-hybridized carbons (Fsp3) is 0.476. The van der Waals surface area contributed by atoms with Crippen LogP contribution in [0.3, 0.4) is 0 Å². The van der Waals surface area contributed by atoms with Gasteiger partial charge >= 0.3 is 0 Å². The zero-order chi connectivity index (χ0) is 23.2. The minimum absolute atomic E-state index is 0.123. The molecule has 1 aliphatic heterocycles. The number of hydrogen-bond acceptors (Lipinski definition) is 7. The van der Waals surface area contributed by atoms with Crippen molar-refractivity contribution in [1.82, 2.24) is 19.5 Å². The lowest BCUT2D eigenvalue weighted by Crippen LogP contribution is -2.29. The first kappa shape index (κ1) is 19.7. The quantitative estimate of drug-likeness (QED) is 0.547. The highest BCUT2D eigenvalue weighted by Crippen LogP contribution is 2.32. The molecule has 2 fully saturated rings. The number of halogens is 3. The maximum atomic E-state index is 14.3. The van der Waals surface area contributed by atoms with Crippen molar-refractivity contribution in [2.45, 2.75) is 50.3 Å². The number of fused-ring (bicyclic) bond motifs is 1. The predicted octanol–water partition coefficient (Wildman–Crippen LogP) is 3.66. The van der Waals surface area contributed by atoms with Gasteiger partial charge in [-0.25, -0.2) is 23.1 Å². The lowest BCUT2D eigenvalue weighted by Gasteiger charge is -2.26. The van der Waals surface area contributed by atoms with Gasteiger partial charge in [0.25, 0.3) is 0 Å². The molecule has 0 amide bonds. The molecule has 0 spiro atoms. The standard InChI is InChI=1S/C21H23F3N6O2/c22-11-7-15(23)18(16(24)8-11)28-21-27-17-9-25-20(26-12-1-3-14(31)4-2-12)29-19(17)30(21)13-5-6-32-10-13/h7-9,12-14,31H,1-6,10H2,(H,27,28)(H,25,26,29)/t12?,13-,14?/m0/s1/i12D. The van der Waals surface area contributed by atoms with Crippen LogP contribution in [-0.2, 0) is 4.74 Å². The fourth-order valence-corrected chi connectivity index (χ4v) is 4.12. The van der Waals surface area contributed by atoms with Gasteiger partial charge in [0.1, 0.15) is 17.0 Å². The number of hydrogen-bond donors (Lipinski definition) is 3. The molecule has 1 saturated carbocycles. The molecule has 170 valence electrons. The van der Waals surface area contributed by atoms with Crippen LogP contribution in [0.2, 0.25) is 0 Å². The van der Waals surface area contributed by atoms with Crippen molar-refractivity contribution in [3.8, 4) is 0 Å². The zero-order valence-corrected chi connectivity index (χ0v) is 17.1. The average molecular weight is 449 g/mol. The van der Waals surface area contributed by atoms with Gasteiger partial charge in [0, 0.05) is 24.8 Å². The number of rotatable bonds is 5. The van der Waals surface area contributed by atoms with Crippen molar-refractivity contribution in [1.29, 1.82) is 0 Å². The Bertz CT molecular complexity index is 1160. The van der Waals surface area contributed by atoms with E-state index in [1.54, 1.807) is 4.57 Å². The first-order valence-corrected chi connectivity index (χ1v) is 10.5. The largest absolute Gasteiger partial charge is 0.393 e. The smallest absolute Gasteiger partial charge is 0.224 e. The van der Waals surface area contributed by atoms with Crippen LogP contribution in [0.1, 0.15) is 39.5 Å². The van der Waals surface area contributed by atoms with Gasteiger partial charge in [-0.05, 0) is 32.1 Å². The predicted molar refractivity (Wildman–Crippen MR) is 111 cm³/mol. The van der Waals surface area contributed by atoms with Crippen LogP contribution in [0.25, 0.3) is 11.2 Å². The van der Waals surface area contributed by atoms with Crippen LogP contribution in [0, 0.1) is 17.5 Å². The first-order chi connectivity index (χ1) is 15.8. The van der Waals surface area contributed by atoms with Gasteiger partial charge in [-0.3, -0.25) is 4.57 Å². The molecule has 5 rings (SSSR count). The molecule has 32 heavy (non-hydrogen) atoms. The lowest BCUT2D eigenvalue weighted by atomic mass is 9.93. The summed E-state index contributed by atoms with van der Waals surface area (Å²) in [6.45, 7) is 0.874. The van der Waals surface area contributed by atoms with Gasteiger partial charge in [0.05, 0.1) is 26.3 Å². The third-order valence-corrected chi connectivity index (χ3v) is 5.79. The molecular weight excluding hydrogens is 425 g/mol. The van der Waals surface area contributed by atoms with Gasteiger partial charge in [-0.2, -0.15) is 4.98 Å². The Kier molecular flexibility index (Phi) is 5.27. The molecule has 1 aliphatic carbocycles. The van der Waals surface area contributed by atoms with Gasteiger partial charge in [0.15, 0.2) is 17.3 Å². The molecule has 0 bridgehead atoms. The minimum atomic E-state index is -1.09. The van der Waals surface area contributed by atoms with Crippen LogP contribution in [0.5, 0.6) is 0 Å². The second kappa shape index (κ2) is 8.55. The summed E-state index contributed by atoms with van der Waals surface area (Å²) in [6.07, 6.45) is 3.63. The summed E-state index contributed by atoms with van der Waals surface area (Å²) in [5.41, 5.74) is 0.271. The number of aromatic nitrogens is 4. The molecule has 1 atom stereocenters. The number of benzene rings is 1. The van der Waals surface area contributed by atoms with E-state index in [0.29, 0.717) is 68.6 Å². The van der Waals surface area contributed by atoms with Crippen molar-refractivity contribution in [3.63, 3.8) is 0 Å². The zero-order valence-electron chi connectivity index (χ0n) is 18.1. The third kappa shape index (κ3) is 4.09. The number of aliphatic hydroxyl groups excluding tert-OH is 1. The summed E-state index contributed by atoms with van der Waals surface area (Å²) in [7, 11) is 0. The molecule has 3 N–H and O–H groups in total. The summed E-state index contributed by atoms with van der Waals surface area (Å²) >= 11 is 0. The van der Waals surface area contributed by atoms with Gasteiger partial charge < -0.3 is 20.5 Å². The highest BCUT2D eigenvalue weighted by Gasteiger charge is 2.27. The number of imidazole rings is 1. The van der Waals surface area contributed by atoms with Gasteiger partial charge in [0.2, 0.25) is 11.9 Å². The van der Waals surface area contributed by atoms with E-state index in [1.807, 2.05) is 0 Å². The van der Waals surface area contributed by atoms with E-state index < -0.39 is 35.3 Å². The number of anilines is 3. The maximum absolute atomic E-state index is 14.3. The SMILES string of the molecule is [2H]C1(Nc2ncc3nc(Nc4c(F)cc(F)cc4F)n([C@H]4CCOC4)c3n2)CCC(O)CC1. The van der Waals surface area contributed by atoms with E-state index >= 15 is 0 Å².